The minimum atomic E-state index is -2.70. The molecule has 0 aromatic heterocycles. The summed E-state index contributed by atoms with van der Waals surface area (Å²) in [5.41, 5.74) is -1.71. The third-order valence-electron chi connectivity index (χ3n) is 11.5. The van der Waals surface area contributed by atoms with Gasteiger partial charge in [0.1, 0.15) is 35.1 Å². The van der Waals surface area contributed by atoms with E-state index in [9.17, 15) is 46.4 Å². The second-order valence-corrected chi connectivity index (χ2v) is 19.4. The number of hydrogen-bond acceptors (Lipinski definition) is 12. The van der Waals surface area contributed by atoms with Crippen LogP contribution in [-0.4, -0.2) is 119 Å². The van der Waals surface area contributed by atoms with E-state index in [2.05, 4.69) is 0 Å². The minimum Gasteiger partial charge on any atom is -0.444 e. The average molecular weight is 885 g/mol. The number of piperidine rings is 2. The fraction of sp³-hybridized carbons (Fsp3) is 0.619. The Morgan fingerprint density at radius 2 is 1.13 bits per heavy atom. The molecule has 0 aliphatic carbocycles. The molecule has 6 rings (SSSR count). The van der Waals surface area contributed by atoms with Crippen LogP contribution in [0.4, 0.5) is 49.9 Å². The SMILES string of the molecule is CCC1(OP(C)(C)=O)CCN(c2c(F)cc(N3C[C@H](CCC(C)=O)OC3=O)cc2F)CC1.COCC1(O)CCN(c2c(F)cc(N3C[C@H](CCC(C)=O)OC3=O)cc2F)CC1. The molecule has 0 bridgehead atoms. The molecule has 61 heavy (non-hydrogen) atoms. The van der Waals surface area contributed by atoms with Gasteiger partial charge in [-0.1, -0.05) is 6.92 Å². The molecule has 0 spiro atoms. The van der Waals surface area contributed by atoms with Crippen LogP contribution in [-0.2, 0) is 32.9 Å². The van der Waals surface area contributed by atoms with Crippen molar-refractivity contribution in [2.24, 2.45) is 0 Å². The van der Waals surface area contributed by atoms with Crippen LogP contribution in [0.15, 0.2) is 24.3 Å². The third-order valence-corrected chi connectivity index (χ3v) is 12.3. The van der Waals surface area contributed by atoms with E-state index in [0.717, 1.165) is 24.3 Å². The molecule has 2 aromatic rings. The number of carbonyl (C=O) groups is 4. The number of benzene rings is 2. The standard InChI is InChI=1S/C22H31F2N2O5P.C20H26F2N2O5/c1-5-22(31-32(3,4)29)8-10-25(11-9-22)20-18(23)12-16(13-19(20)24)26-14-17(30-21(26)28)7-6-15(2)27;1-13(25)3-4-15-11-24(19(26)29-15)14-9-16(21)18(17(22)10-14)23-7-5-20(27,6-8-23)12-28-2/h12-13,17H,5-11,14H2,1-4H3;9-10,15,27H,3-8,11-12H2,1-2H3/t17-;15-/m00/s1. The maximum atomic E-state index is 15.0. The van der Waals surface area contributed by atoms with E-state index in [1.54, 1.807) is 23.1 Å². The zero-order valence-electron chi connectivity index (χ0n) is 35.6. The first kappa shape index (κ1) is 47.8. The summed E-state index contributed by atoms with van der Waals surface area (Å²) in [7, 11) is -1.21. The smallest absolute Gasteiger partial charge is 0.414 e. The molecule has 338 valence electrons. The molecule has 0 unspecified atom stereocenters. The van der Waals surface area contributed by atoms with Crippen LogP contribution in [0, 0.1) is 23.3 Å². The number of nitrogens with zero attached hydrogens (tertiary/aromatic N) is 4. The zero-order valence-corrected chi connectivity index (χ0v) is 36.5. The number of ketones is 2. The lowest BCUT2D eigenvalue weighted by molar-refractivity contribution is -0.118. The van der Waals surface area contributed by atoms with Crippen molar-refractivity contribution in [2.75, 3.05) is 85.9 Å². The summed E-state index contributed by atoms with van der Waals surface area (Å²) in [6, 6.07) is 4.50. The molecular weight excluding hydrogens is 827 g/mol. The maximum absolute atomic E-state index is 15.0. The molecule has 4 aliphatic heterocycles. The molecule has 2 amide bonds. The molecule has 4 saturated heterocycles. The number of rotatable bonds is 15. The summed E-state index contributed by atoms with van der Waals surface area (Å²) in [4.78, 5) is 52.1. The Labute approximate surface area is 353 Å². The van der Waals surface area contributed by atoms with Crippen molar-refractivity contribution in [3.8, 4) is 0 Å². The first-order valence-corrected chi connectivity index (χ1v) is 23.1. The van der Waals surface area contributed by atoms with Gasteiger partial charge < -0.3 is 43.2 Å². The number of anilines is 4. The predicted octanol–water partition coefficient (Wildman–Crippen LogP) is 7.60. The van der Waals surface area contributed by atoms with Gasteiger partial charge in [0.15, 0.2) is 30.6 Å². The Bertz CT molecular complexity index is 1940. The fourth-order valence-electron chi connectivity index (χ4n) is 8.19. The summed E-state index contributed by atoms with van der Waals surface area (Å²) in [6.07, 6.45) is 1.29. The van der Waals surface area contributed by atoms with Crippen LogP contribution in [0.25, 0.3) is 0 Å². The predicted molar refractivity (Wildman–Crippen MR) is 221 cm³/mol. The molecule has 2 aromatic carbocycles. The second-order valence-electron chi connectivity index (χ2n) is 16.7. The number of cyclic esters (lactones) is 2. The number of halogens is 4. The molecule has 4 aliphatic rings. The first-order valence-electron chi connectivity index (χ1n) is 20.6. The number of Topliss-reactive ketones (excluding diaryl/α,β-unsaturated/α-hetero) is 2. The average Bonchev–Trinajstić information content (AvgIpc) is 3.75. The van der Waals surface area contributed by atoms with Gasteiger partial charge in [-0.15, -0.1) is 0 Å². The number of ether oxygens (including phenoxy) is 3. The quantitative estimate of drug-likeness (QED) is 0.138. The highest BCUT2D eigenvalue weighted by Crippen LogP contribution is 2.48. The molecule has 2 atom stereocenters. The Balaban J connectivity index is 0.000000232. The van der Waals surface area contributed by atoms with Crippen molar-refractivity contribution in [3.05, 3.63) is 47.5 Å². The van der Waals surface area contributed by atoms with E-state index in [4.69, 9.17) is 18.7 Å². The normalized spacial score (nSPS) is 21.2. The number of hydrogen-bond donors (Lipinski definition) is 1. The maximum Gasteiger partial charge on any atom is 0.414 e. The molecule has 0 radical (unpaired) electrons. The monoisotopic (exact) mass is 884 g/mol. The topological polar surface area (TPSA) is 155 Å². The van der Waals surface area contributed by atoms with Gasteiger partial charge in [0, 0.05) is 83.7 Å². The first-order chi connectivity index (χ1) is 28.6. The van der Waals surface area contributed by atoms with Gasteiger partial charge in [-0.3, -0.25) is 14.4 Å². The molecule has 19 heteroatoms. The van der Waals surface area contributed by atoms with Gasteiger partial charge in [-0.05, 0) is 58.8 Å². The van der Waals surface area contributed by atoms with Gasteiger partial charge in [-0.2, -0.15) is 0 Å². The van der Waals surface area contributed by atoms with Crippen LogP contribution in [0.5, 0.6) is 0 Å². The van der Waals surface area contributed by atoms with E-state index < -0.39 is 66.2 Å². The number of amides is 2. The van der Waals surface area contributed by atoms with Crippen molar-refractivity contribution < 1.29 is 65.1 Å². The van der Waals surface area contributed by atoms with Crippen LogP contribution in [0.2, 0.25) is 0 Å². The Kier molecular flexibility index (Phi) is 15.6. The number of carbonyl (C=O) groups excluding carboxylic acids is 4. The lowest BCUT2D eigenvalue weighted by Gasteiger charge is -2.43. The molecular formula is C42H57F4N4O10P. The van der Waals surface area contributed by atoms with Gasteiger partial charge in [0.05, 0.1) is 42.3 Å². The van der Waals surface area contributed by atoms with Crippen molar-refractivity contribution in [1.29, 1.82) is 0 Å². The Hall–Kier alpha value is -4.25. The molecule has 4 heterocycles. The minimum absolute atomic E-state index is 0.0133. The van der Waals surface area contributed by atoms with Gasteiger partial charge in [0.2, 0.25) is 0 Å². The van der Waals surface area contributed by atoms with Gasteiger partial charge in [-0.25, -0.2) is 27.2 Å². The third kappa shape index (κ3) is 12.2. The lowest BCUT2D eigenvalue weighted by atomic mass is 9.89. The van der Waals surface area contributed by atoms with Crippen molar-refractivity contribution in [1.82, 2.24) is 0 Å². The lowest BCUT2D eigenvalue weighted by Crippen LogP contribution is -2.47. The van der Waals surface area contributed by atoms with Crippen LogP contribution < -0.4 is 19.6 Å². The summed E-state index contributed by atoms with van der Waals surface area (Å²) in [6.45, 7) is 9.75. The van der Waals surface area contributed by atoms with E-state index in [0.29, 0.717) is 58.0 Å². The highest BCUT2D eigenvalue weighted by molar-refractivity contribution is 7.57. The van der Waals surface area contributed by atoms with E-state index in [1.807, 2.05) is 6.92 Å². The molecule has 14 nitrogen and oxygen atoms in total. The largest absolute Gasteiger partial charge is 0.444 e. The summed E-state index contributed by atoms with van der Waals surface area (Å²) < 4.78 is 93.0. The molecule has 1 N–H and O–H groups in total. The number of aliphatic hydroxyl groups is 1. The summed E-state index contributed by atoms with van der Waals surface area (Å²) in [5.74, 6) is -3.11. The zero-order chi connectivity index (χ0) is 44.9. The van der Waals surface area contributed by atoms with Crippen LogP contribution >= 0.6 is 7.37 Å². The second kappa shape index (κ2) is 19.9. The van der Waals surface area contributed by atoms with Crippen molar-refractivity contribution in [2.45, 2.75) is 102 Å². The Morgan fingerprint density at radius 3 is 1.46 bits per heavy atom. The molecule has 0 saturated carbocycles. The Morgan fingerprint density at radius 1 is 0.754 bits per heavy atom. The highest BCUT2D eigenvalue weighted by atomic mass is 31.2. The fourth-order valence-corrected chi connectivity index (χ4v) is 9.43. The van der Waals surface area contributed by atoms with Gasteiger partial charge >= 0.3 is 12.2 Å². The van der Waals surface area contributed by atoms with E-state index in [1.165, 1.54) is 30.8 Å². The highest BCUT2D eigenvalue weighted by Gasteiger charge is 2.40. The van der Waals surface area contributed by atoms with Gasteiger partial charge in [0.25, 0.3) is 0 Å². The molecule has 4 fully saturated rings. The van der Waals surface area contributed by atoms with Crippen LogP contribution in [0.3, 0.4) is 0 Å². The van der Waals surface area contributed by atoms with Crippen molar-refractivity contribution >= 4 is 53.9 Å². The number of methoxy groups -OCH3 is 1. The van der Waals surface area contributed by atoms with Crippen LogP contribution in [0.1, 0.15) is 78.6 Å². The summed E-state index contributed by atoms with van der Waals surface area (Å²) in [5, 5.41) is 10.4. The van der Waals surface area contributed by atoms with Crippen molar-refractivity contribution in [3.63, 3.8) is 0 Å². The summed E-state index contributed by atoms with van der Waals surface area (Å²) >= 11 is 0. The van der Waals surface area contributed by atoms with E-state index >= 15 is 0 Å². The van der Waals surface area contributed by atoms with E-state index in [-0.39, 0.29) is 79.9 Å².